The number of aromatic nitrogens is 1. The molecule has 198 valence electrons. The molecule has 11 heteroatoms. The van der Waals surface area contributed by atoms with Crippen molar-refractivity contribution in [3.05, 3.63) is 81.8 Å². The maximum atomic E-state index is 13.5. The number of hydrogen-bond donors (Lipinski definition) is 4. The van der Waals surface area contributed by atoms with E-state index in [-0.39, 0.29) is 17.7 Å². The molecule has 4 N–H and O–H groups in total. The molecule has 3 atom stereocenters. The van der Waals surface area contributed by atoms with Crippen LogP contribution < -0.4 is 15.4 Å². The number of amides is 2. The normalized spacial score (nSPS) is 13.8. The summed E-state index contributed by atoms with van der Waals surface area (Å²) >= 11 is -0.698. The number of rotatable bonds is 10. The Morgan fingerprint density at radius 1 is 1.03 bits per heavy atom. The monoisotopic (exact) mass is 544 g/mol. The van der Waals surface area contributed by atoms with E-state index < -0.39 is 29.4 Å². The number of alkyl carbamates (subject to hydrolysis) is 1. The molecule has 0 bridgehead atoms. The van der Waals surface area contributed by atoms with Gasteiger partial charge in [0, 0.05) is 22.9 Å². The van der Waals surface area contributed by atoms with Crippen molar-refractivity contribution in [3.63, 3.8) is 0 Å². The van der Waals surface area contributed by atoms with E-state index in [0.717, 1.165) is 21.8 Å². The molecule has 37 heavy (non-hydrogen) atoms. The van der Waals surface area contributed by atoms with Crippen LogP contribution in [0.5, 0.6) is 0 Å². The number of ether oxygens (including phenoxy) is 1. The Bertz CT molecular complexity index is 1210. The van der Waals surface area contributed by atoms with Crippen LogP contribution in [0.3, 0.4) is 0 Å². The van der Waals surface area contributed by atoms with Crippen LogP contribution in [0, 0.1) is 0 Å². The smallest absolute Gasteiger partial charge is 0.407 e. The van der Waals surface area contributed by atoms with Crippen molar-refractivity contribution < 1.29 is 23.1 Å². The second kappa shape index (κ2) is 12.8. The first-order valence-corrected chi connectivity index (χ1v) is 13.6. The van der Waals surface area contributed by atoms with Crippen molar-refractivity contribution in [1.82, 2.24) is 15.6 Å². The highest BCUT2D eigenvalue weighted by Gasteiger charge is 2.27. The van der Waals surface area contributed by atoms with Gasteiger partial charge in [0.05, 0.1) is 18.8 Å². The molecule has 0 saturated heterocycles. The van der Waals surface area contributed by atoms with Crippen LogP contribution in [-0.2, 0) is 39.1 Å². The lowest BCUT2D eigenvalue weighted by molar-refractivity contribution is -0.123. The number of hydrogen-bond acceptors (Lipinski definition) is 6. The molecule has 0 spiro atoms. The van der Waals surface area contributed by atoms with Crippen LogP contribution in [0.4, 0.5) is 10.5 Å². The lowest BCUT2D eigenvalue weighted by Gasteiger charge is -2.23. The van der Waals surface area contributed by atoms with Gasteiger partial charge in [-0.1, -0.05) is 63.2 Å². The third kappa shape index (κ3) is 8.66. The van der Waals surface area contributed by atoms with Gasteiger partial charge in [-0.25, -0.2) is 14.0 Å². The molecule has 1 aromatic heterocycles. The van der Waals surface area contributed by atoms with Crippen LogP contribution in [0.25, 0.3) is 0 Å². The van der Waals surface area contributed by atoms with Gasteiger partial charge in [0.15, 0.2) is 0 Å². The predicted molar refractivity (Wildman–Crippen MR) is 146 cm³/mol. The third-order valence-electron chi connectivity index (χ3n) is 5.58. The fourth-order valence-electron chi connectivity index (χ4n) is 3.57. The largest absolute Gasteiger partial charge is 0.453 e. The molecule has 3 rings (SSSR count). The van der Waals surface area contributed by atoms with Crippen molar-refractivity contribution in [2.45, 2.75) is 51.1 Å². The van der Waals surface area contributed by atoms with Crippen LogP contribution in [0.15, 0.2) is 60.0 Å². The maximum Gasteiger partial charge on any atom is 0.407 e. The maximum absolute atomic E-state index is 13.5. The molecule has 0 aliphatic rings. The standard InChI is InChI=1S/C26H32N4O5S2/c1-26(2,3)22-16-36-24(29-22)21(15-18-10-12-19(13-11-18)30-37(33)34)27-23(31)20(28-25(32)35-4)14-17-8-6-5-7-9-17/h5-13,16,20-21,30H,14-15H2,1-4H3,(H,27,31)(H,28,32)(H,33,34)/t20-,21-/m0/s1. The number of carbonyl (C=O) groups excluding carboxylic acids is 2. The molecule has 0 aliphatic heterocycles. The average Bonchev–Trinajstić information content (AvgIpc) is 3.36. The second-order valence-corrected chi connectivity index (χ2v) is 11.1. The quantitative estimate of drug-likeness (QED) is 0.281. The summed E-state index contributed by atoms with van der Waals surface area (Å²) in [7, 11) is 1.25. The molecule has 0 fully saturated rings. The molecule has 0 radical (unpaired) electrons. The van der Waals surface area contributed by atoms with Crippen LogP contribution in [0.2, 0.25) is 0 Å². The van der Waals surface area contributed by atoms with Crippen molar-refractivity contribution in [1.29, 1.82) is 0 Å². The van der Waals surface area contributed by atoms with Gasteiger partial charge in [-0.05, 0) is 29.7 Å². The lowest BCUT2D eigenvalue weighted by Crippen LogP contribution is -2.49. The highest BCUT2D eigenvalue weighted by Crippen LogP contribution is 2.29. The van der Waals surface area contributed by atoms with Crippen molar-refractivity contribution in [2.75, 3.05) is 11.8 Å². The van der Waals surface area contributed by atoms with E-state index in [0.29, 0.717) is 12.1 Å². The number of nitrogens with one attached hydrogen (secondary N) is 3. The van der Waals surface area contributed by atoms with Crippen molar-refractivity contribution >= 4 is 40.3 Å². The van der Waals surface area contributed by atoms with Gasteiger partial charge in [-0.15, -0.1) is 11.3 Å². The topological polar surface area (TPSA) is 130 Å². The summed E-state index contributed by atoms with van der Waals surface area (Å²) in [6.07, 6.45) is 0.0288. The minimum Gasteiger partial charge on any atom is -0.453 e. The molecular weight excluding hydrogens is 512 g/mol. The van der Waals surface area contributed by atoms with E-state index >= 15 is 0 Å². The fraction of sp³-hybridized carbons (Fsp3) is 0.346. The van der Waals surface area contributed by atoms with Gasteiger partial charge in [-0.2, -0.15) is 0 Å². The summed E-state index contributed by atoms with van der Waals surface area (Å²) in [6.45, 7) is 6.23. The Labute approximate surface area is 223 Å². The summed E-state index contributed by atoms with van der Waals surface area (Å²) in [5.74, 6) is -0.360. The average molecular weight is 545 g/mol. The number of anilines is 1. The Morgan fingerprint density at radius 3 is 2.24 bits per heavy atom. The van der Waals surface area contributed by atoms with E-state index in [4.69, 9.17) is 14.3 Å². The van der Waals surface area contributed by atoms with Crippen molar-refractivity contribution in [2.24, 2.45) is 0 Å². The van der Waals surface area contributed by atoms with Crippen molar-refractivity contribution in [3.8, 4) is 0 Å². The first-order chi connectivity index (χ1) is 17.5. The zero-order valence-corrected chi connectivity index (χ0v) is 22.8. The Balaban J connectivity index is 1.86. The number of thiazole rings is 1. The Hall–Kier alpha value is -3.28. The van der Waals surface area contributed by atoms with Gasteiger partial charge in [0.2, 0.25) is 5.91 Å². The van der Waals surface area contributed by atoms with Crippen LogP contribution in [-0.4, -0.2) is 38.9 Å². The molecule has 2 aromatic carbocycles. The minimum atomic E-state index is -2.17. The lowest BCUT2D eigenvalue weighted by atomic mass is 9.93. The molecule has 9 nitrogen and oxygen atoms in total. The molecule has 1 unspecified atom stereocenters. The first kappa shape index (κ1) is 28.3. The van der Waals surface area contributed by atoms with Crippen LogP contribution in [0.1, 0.15) is 48.6 Å². The molecule has 0 aliphatic carbocycles. The number of methoxy groups -OCH3 is 1. The summed E-state index contributed by atoms with van der Waals surface area (Å²) in [5, 5.41) is 8.45. The second-order valence-electron chi connectivity index (χ2n) is 9.51. The summed E-state index contributed by atoms with van der Waals surface area (Å²) in [4.78, 5) is 30.3. The zero-order valence-electron chi connectivity index (χ0n) is 21.2. The van der Waals surface area contributed by atoms with E-state index in [1.165, 1.54) is 18.4 Å². The fourth-order valence-corrected chi connectivity index (χ4v) is 5.00. The van der Waals surface area contributed by atoms with Gasteiger partial charge >= 0.3 is 6.09 Å². The number of benzene rings is 2. The molecular formula is C26H32N4O5S2. The highest BCUT2D eigenvalue weighted by atomic mass is 32.2. The first-order valence-electron chi connectivity index (χ1n) is 11.7. The third-order valence-corrected chi connectivity index (χ3v) is 6.95. The minimum absolute atomic E-state index is 0.154. The summed E-state index contributed by atoms with van der Waals surface area (Å²) < 4.78 is 27.2. The Morgan fingerprint density at radius 2 is 1.68 bits per heavy atom. The van der Waals surface area contributed by atoms with Gasteiger partial charge < -0.3 is 15.4 Å². The van der Waals surface area contributed by atoms with E-state index in [2.05, 4.69) is 36.1 Å². The summed E-state index contributed by atoms with van der Waals surface area (Å²) in [5.41, 5.74) is 3.06. The molecule has 2 amide bonds. The van der Waals surface area contributed by atoms with Gasteiger partial charge in [0.1, 0.15) is 11.0 Å². The van der Waals surface area contributed by atoms with Gasteiger partial charge in [0.25, 0.3) is 11.3 Å². The Kier molecular flexibility index (Phi) is 9.79. The summed E-state index contributed by atoms with van der Waals surface area (Å²) in [6, 6.07) is 15.1. The molecule has 0 saturated carbocycles. The zero-order chi connectivity index (χ0) is 27.0. The number of carbonyl (C=O) groups is 2. The molecule has 3 aromatic rings. The highest BCUT2D eigenvalue weighted by molar-refractivity contribution is 7.80. The van der Waals surface area contributed by atoms with E-state index in [9.17, 15) is 13.8 Å². The van der Waals surface area contributed by atoms with Gasteiger partial charge in [-0.3, -0.25) is 14.1 Å². The predicted octanol–water partition coefficient (Wildman–Crippen LogP) is 4.36. The SMILES string of the molecule is COC(=O)N[C@@H](Cc1ccccc1)C(=O)N[C@@H](Cc1ccc(NS(=O)O)cc1)c1nc(C(C)(C)C)cs1. The van der Waals surface area contributed by atoms with Crippen LogP contribution >= 0.6 is 11.3 Å². The molecule has 1 heterocycles. The van der Waals surface area contributed by atoms with E-state index in [1.807, 2.05) is 47.8 Å². The number of nitrogens with zero attached hydrogens (tertiary/aromatic N) is 1. The van der Waals surface area contributed by atoms with E-state index in [1.54, 1.807) is 12.1 Å².